The van der Waals surface area contributed by atoms with Gasteiger partial charge < -0.3 is 10.5 Å². The van der Waals surface area contributed by atoms with Gasteiger partial charge in [0.05, 0.1) is 4.92 Å². The molecule has 0 amide bonds. The number of halogens is 2. The zero-order chi connectivity index (χ0) is 15.4. The number of nitro benzene ring substituents is 1. The van der Waals surface area contributed by atoms with Crippen molar-refractivity contribution in [2.75, 3.05) is 0 Å². The fourth-order valence-electron chi connectivity index (χ4n) is 1.73. The molecule has 0 unspecified atom stereocenters. The quantitative estimate of drug-likeness (QED) is 0.587. The van der Waals surface area contributed by atoms with Crippen LogP contribution >= 0.6 is 31.9 Å². The molecule has 7 heteroatoms. The summed E-state index contributed by atoms with van der Waals surface area (Å²) in [5.74, 6) is 0.698. The van der Waals surface area contributed by atoms with Crippen LogP contribution in [0.3, 0.4) is 0 Å². The first-order valence-corrected chi connectivity index (χ1v) is 7.64. The van der Waals surface area contributed by atoms with Crippen molar-refractivity contribution >= 4 is 37.5 Å². The predicted molar refractivity (Wildman–Crippen MR) is 87.2 cm³/mol. The minimum Gasteiger partial charge on any atom is -0.489 e. The highest BCUT2D eigenvalue weighted by Crippen LogP contribution is 2.26. The normalized spacial score (nSPS) is 10.4. The molecule has 0 radical (unpaired) electrons. The van der Waals surface area contributed by atoms with Crippen LogP contribution in [0.2, 0.25) is 0 Å². The summed E-state index contributed by atoms with van der Waals surface area (Å²) in [6.07, 6.45) is 0. The summed E-state index contributed by atoms with van der Waals surface area (Å²) >= 11 is 6.73. The van der Waals surface area contributed by atoms with Crippen LogP contribution in [0.5, 0.6) is 5.75 Å². The average molecular weight is 416 g/mol. The molecule has 0 saturated heterocycles. The van der Waals surface area contributed by atoms with Gasteiger partial charge in [-0.3, -0.25) is 10.1 Å². The number of ether oxygens (including phenoxy) is 1. The van der Waals surface area contributed by atoms with Gasteiger partial charge in [-0.15, -0.1) is 0 Å². The minimum absolute atomic E-state index is 0.0414. The van der Waals surface area contributed by atoms with Crippen molar-refractivity contribution in [1.29, 1.82) is 0 Å². The van der Waals surface area contributed by atoms with Crippen molar-refractivity contribution in [2.24, 2.45) is 5.73 Å². The molecule has 0 bridgehead atoms. The van der Waals surface area contributed by atoms with E-state index in [-0.39, 0.29) is 5.69 Å². The van der Waals surface area contributed by atoms with Crippen molar-refractivity contribution in [3.8, 4) is 5.75 Å². The third-order valence-electron chi connectivity index (χ3n) is 2.88. The number of hydrogen-bond donors (Lipinski definition) is 1. The smallest absolute Gasteiger partial charge is 0.270 e. The lowest BCUT2D eigenvalue weighted by Gasteiger charge is -2.10. The SMILES string of the molecule is NCc1cc(OCc2ccc([N+](=O)[O-])cc2Br)ccc1Br. The Kier molecular flexibility index (Phi) is 5.33. The lowest BCUT2D eigenvalue weighted by Crippen LogP contribution is -2.00. The molecular formula is C14H12Br2N2O3. The molecule has 2 N–H and O–H groups in total. The van der Waals surface area contributed by atoms with Crippen LogP contribution in [0.4, 0.5) is 5.69 Å². The number of nitrogens with zero attached hydrogens (tertiary/aromatic N) is 1. The van der Waals surface area contributed by atoms with Gasteiger partial charge in [0.25, 0.3) is 5.69 Å². The number of hydrogen-bond acceptors (Lipinski definition) is 4. The van der Waals surface area contributed by atoms with Gasteiger partial charge in [0.1, 0.15) is 12.4 Å². The first-order chi connectivity index (χ1) is 10.0. The summed E-state index contributed by atoms with van der Waals surface area (Å²) in [5, 5.41) is 10.7. The maximum Gasteiger partial charge on any atom is 0.270 e. The molecule has 5 nitrogen and oxygen atoms in total. The van der Waals surface area contributed by atoms with Crippen LogP contribution in [0.1, 0.15) is 11.1 Å². The largest absolute Gasteiger partial charge is 0.489 e. The van der Waals surface area contributed by atoms with Crippen LogP contribution < -0.4 is 10.5 Å². The summed E-state index contributed by atoms with van der Waals surface area (Å²) in [6, 6.07) is 10.2. The second-order valence-electron chi connectivity index (χ2n) is 4.28. The van der Waals surface area contributed by atoms with Gasteiger partial charge in [-0.25, -0.2) is 0 Å². The summed E-state index contributed by atoms with van der Waals surface area (Å²) in [6.45, 7) is 0.725. The third-order valence-corrected chi connectivity index (χ3v) is 4.39. The number of rotatable bonds is 5. The molecule has 2 rings (SSSR count). The molecule has 2 aromatic rings. The average Bonchev–Trinajstić information content (AvgIpc) is 2.47. The molecule has 0 aliphatic rings. The van der Waals surface area contributed by atoms with Crippen LogP contribution in [-0.2, 0) is 13.2 Å². The molecule has 0 aromatic heterocycles. The topological polar surface area (TPSA) is 78.4 Å². The van der Waals surface area contributed by atoms with Crippen LogP contribution in [0.25, 0.3) is 0 Å². The number of benzene rings is 2. The zero-order valence-corrected chi connectivity index (χ0v) is 14.1. The highest BCUT2D eigenvalue weighted by molar-refractivity contribution is 9.10. The van der Waals surface area contributed by atoms with Gasteiger partial charge in [-0.1, -0.05) is 31.9 Å². The van der Waals surface area contributed by atoms with E-state index in [1.165, 1.54) is 12.1 Å². The Bertz CT molecular complexity index is 677. The fourth-order valence-corrected chi connectivity index (χ4v) is 2.61. The van der Waals surface area contributed by atoms with Crippen molar-refractivity contribution in [2.45, 2.75) is 13.2 Å². The molecule has 0 heterocycles. The van der Waals surface area contributed by atoms with E-state index in [0.717, 1.165) is 15.6 Å². The second kappa shape index (κ2) is 7.02. The van der Waals surface area contributed by atoms with Crippen molar-refractivity contribution in [3.63, 3.8) is 0 Å². The lowest BCUT2D eigenvalue weighted by atomic mass is 10.2. The van der Waals surface area contributed by atoms with E-state index in [0.29, 0.717) is 23.4 Å². The van der Waals surface area contributed by atoms with E-state index < -0.39 is 4.92 Å². The fraction of sp³-hybridized carbons (Fsp3) is 0.143. The van der Waals surface area contributed by atoms with E-state index in [2.05, 4.69) is 31.9 Å². The molecular weight excluding hydrogens is 404 g/mol. The third kappa shape index (κ3) is 4.03. The standard InChI is InChI=1S/C14H12Br2N2O3/c15-13-4-3-12(5-10(13)7-17)21-8-9-1-2-11(18(19)20)6-14(9)16/h1-6H,7-8,17H2. The molecule has 0 atom stereocenters. The number of nitro groups is 1. The minimum atomic E-state index is -0.433. The summed E-state index contributed by atoms with van der Waals surface area (Å²) < 4.78 is 7.28. The Morgan fingerprint density at radius 3 is 2.48 bits per heavy atom. The van der Waals surface area contributed by atoms with E-state index in [1.807, 2.05) is 18.2 Å². The Labute approximate surface area is 138 Å². The van der Waals surface area contributed by atoms with E-state index in [9.17, 15) is 10.1 Å². The summed E-state index contributed by atoms with van der Waals surface area (Å²) in [7, 11) is 0. The molecule has 110 valence electrons. The monoisotopic (exact) mass is 414 g/mol. The van der Waals surface area contributed by atoms with Crippen molar-refractivity contribution in [3.05, 3.63) is 66.6 Å². The highest BCUT2D eigenvalue weighted by Gasteiger charge is 2.10. The first kappa shape index (κ1) is 15.9. The maximum atomic E-state index is 10.7. The van der Waals surface area contributed by atoms with Crippen molar-refractivity contribution < 1.29 is 9.66 Å². The van der Waals surface area contributed by atoms with Crippen LogP contribution in [0, 0.1) is 10.1 Å². The molecule has 2 aromatic carbocycles. The highest BCUT2D eigenvalue weighted by atomic mass is 79.9. The van der Waals surface area contributed by atoms with Crippen LogP contribution in [0.15, 0.2) is 45.3 Å². The Hall–Kier alpha value is -1.44. The Balaban J connectivity index is 2.11. The number of non-ortho nitro benzene ring substituents is 1. The molecule has 0 saturated carbocycles. The van der Waals surface area contributed by atoms with Gasteiger partial charge in [-0.2, -0.15) is 0 Å². The molecule has 0 aliphatic carbocycles. The molecule has 0 aliphatic heterocycles. The predicted octanol–water partition coefficient (Wildman–Crippen LogP) is 4.16. The van der Waals surface area contributed by atoms with Gasteiger partial charge in [0, 0.05) is 33.2 Å². The molecule has 0 spiro atoms. The molecule has 21 heavy (non-hydrogen) atoms. The summed E-state index contributed by atoms with van der Waals surface area (Å²) in [4.78, 5) is 10.3. The maximum absolute atomic E-state index is 10.7. The van der Waals surface area contributed by atoms with Gasteiger partial charge in [-0.05, 0) is 29.8 Å². The van der Waals surface area contributed by atoms with E-state index in [1.54, 1.807) is 6.07 Å². The Morgan fingerprint density at radius 1 is 1.10 bits per heavy atom. The lowest BCUT2D eigenvalue weighted by molar-refractivity contribution is -0.384. The van der Waals surface area contributed by atoms with Crippen LogP contribution in [-0.4, -0.2) is 4.92 Å². The van der Waals surface area contributed by atoms with Gasteiger partial charge in [0.15, 0.2) is 0 Å². The van der Waals surface area contributed by atoms with Gasteiger partial charge in [0.2, 0.25) is 0 Å². The second-order valence-corrected chi connectivity index (χ2v) is 5.99. The first-order valence-electron chi connectivity index (χ1n) is 6.05. The molecule has 0 fully saturated rings. The van der Waals surface area contributed by atoms with Gasteiger partial charge >= 0.3 is 0 Å². The zero-order valence-electron chi connectivity index (χ0n) is 10.9. The van der Waals surface area contributed by atoms with Crippen molar-refractivity contribution in [1.82, 2.24) is 0 Å². The Morgan fingerprint density at radius 2 is 1.86 bits per heavy atom. The van der Waals surface area contributed by atoms with E-state index in [4.69, 9.17) is 10.5 Å². The van der Waals surface area contributed by atoms with E-state index >= 15 is 0 Å². The summed E-state index contributed by atoms with van der Waals surface area (Å²) in [5.41, 5.74) is 7.47. The number of nitrogens with two attached hydrogens (primary N) is 1.